The number of aromatic nitrogens is 8. The number of nitrogens with two attached hydrogens (primary N) is 2. The monoisotopic (exact) mass is 225 g/mol. The zero-order valence-electron chi connectivity index (χ0n) is 7.73. The first-order chi connectivity index (χ1) is 7.68. The molecule has 13 nitrogen and oxygen atoms in total. The molecule has 0 atom stereocenters. The highest BCUT2D eigenvalue weighted by atomic mass is 15.5. The largest absolute Gasteiger partial charge is 0.370 e. The summed E-state index contributed by atoms with van der Waals surface area (Å²) in [5.41, 5.74) is 8.94. The minimum Gasteiger partial charge on any atom is -0.370 e. The van der Waals surface area contributed by atoms with Crippen molar-refractivity contribution in [3.63, 3.8) is 0 Å². The van der Waals surface area contributed by atoms with Crippen molar-refractivity contribution in [3.05, 3.63) is 0 Å². The second kappa shape index (κ2) is 5.68. The van der Waals surface area contributed by atoms with Gasteiger partial charge in [-0.05, 0) is 20.9 Å². The summed E-state index contributed by atoms with van der Waals surface area (Å²) in [5, 5.41) is 38.0. The number of hydrogen-bond donors (Lipinski definition) is 5. The van der Waals surface area contributed by atoms with Crippen LogP contribution in [0, 0.1) is 5.41 Å². The van der Waals surface area contributed by atoms with Crippen molar-refractivity contribution in [3.8, 4) is 0 Å². The summed E-state index contributed by atoms with van der Waals surface area (Å²) in [6.07, 6.45) is 0. The fourth-order valence-electron chi connectivity index (χ4n) is 0.488. The molecule has 2 aromatic rings. The van der Waals surface area contributed by atoms with Gasteiger partial charge in [-0.3, -0.25) is 5.41 Å². The molecule has 0 saturated heterocycles. The molecule has 0 bridgehead atoms. The molecule has 0 aromatic carbocycles. The van der Waals surface area contributed by atoms with Gasteiger partial charge in [0.05, 0.1) is 0 Å². The normalized spacial score (nSPS) is 9.75. The molecular formula is C3H7N13. The van der Waals surface area contributed by atoms with E-state index in [4.69, 9.17) is 5.41 Å². The molecule has 0 amide bonds. The molecule has 0 unspecified atom stereocenters. The van der Waals surface area contributed by atoms with Crippen molar-refractivity contribution in [2.24, 2.45) is 21.7 Å². The van der Waals surface area contributed by atoms with Crippen LogP contribution in [-0.2, 0) is 0 Å². The van der Waals surface area contributed by atoms with Gasteiger partial charge in [0.15, 0.2) is 5.96 Å². The molecule has 2 rings (SSSR count). The number of tetrazole rings is 2. The molecule has 2 aromatic heterocycles. The van der Waals surface area contributed by atoms with E-state index in [-0.39, 0.29) is 17.9 Å². The smallest absolute Gasteiger partial charge is 0.285 e. The second-order valence-electron chi connectivity index (χ2n) is 2.11. The average molecular weight is 225 g/mol. The fourth-order valence-corrected chi connectivity index (χ4v) is 0.488. The maximum Gasteiger partial charge on any atom is 0.285 e. The Morgan fingerprint density at radius 2 is 1.38 bits per heavy atom. The van der Waals surface area contributed by atoms with E-state index in [0.717, 1.165) is 0 Å². The van der Waals surface area contributed by atoms with Gasteiger partial charge in [-0.15, -0.1) is 10.2 Å². The van der Waals surface area contributed by atoms with Gasteiger partial charge >= 0.3 is 0 Å². The van der Waals surface area contributed by atoms with E-state index in [1.54, 1.807) is 0 Å². The highest BCUT2D eigenvalue weighted by Crippen LogP contribution is 2.04. The van der Waals surface area contributed by atoms with Gasteiger partial charge in [0.25, 0.3) is 11.9 Å². The maximum atomic E-state index is 6.06. The Kier molecular flexibility index (Phi) is 3.94. The summed E-state index contributed by atoms with van der Waals surface area (Å²) < 4.78 is 0. The highest BCUT2D eigenvalue weighted by molar-refractivity contribution is 5.71. The standard InChI is InChI=1S/C2H2N10.CH5N3/c3(1-5-9-10-6-1)4-2-7-11-12-8-2;2-1(3)4/h(H,5,6,9,10)(H,7,8,11,12);(H5,2,3,4)/b4-3+;. The highest BCUT2D eigenvalue weighted by Gasteiger charge is 1.94. The van der Waals surface area contributed by atoms with Crippen LogP contribution in [-0.4, -0.2) is 47.2 Å². The number of aromatic amines is 2. The van der Waals surface area contributed by atoms with Crippen molar-refractivity contribution >= 4 is 17.9 Å². The third-order valence-electron chi connectivity index (χ3n) is 0.908. The van der Waals surface area contributed by atoms with Crippen LogP contribution in [0.4, 0.5) is 11.9 Å². The predicted molar refractivity (Wildman–Crippen MR) is 48.6 cm³/mol. The number of rotatable bonds is 2. The van der Waals surface area contributed by atoms with Gasteiger partial charge in [0, 0.05) is 0 Å². The lowest BCUT2D eigenvalue weighted by Crippen LogP contribution is -2.20. The van der Waals surface area contributed by atoms with Crippen LogP contribution < -0.4 is 11.5 Å². The van der Waals surface area contributed by atoms with Crippen LogP contribution in [0.25, 0.3) is 0 Å². The zero-order valence-corrected chi connectivity index (χ0v) is 7.73. The SMILES string of the molecule is N(=N\c1nnn[nH]1)/c1nnn[nH]1.N=C(N)N. The van der Waals surface area contributed by atoms with Crippen LogP contribution in [0.2, 0.25) is 0 Å². The van der Waals surface area contributed by atoms with Gasteiger partial charge < -0.3 is 11.5 Å². The Bertz CT molecular complexity index is 381. The molecule has 13 heteroatoms. The molecular weight excluding hydrogens is 218 g/mol. The quantitative estimate of drug-likeness (QED) is 0.218. The van der Waals surface area contributed by atoms with Crippen molar-refractivity contribution in [1.29, 1.82) is 5.41 Å². The first-order valence-corrected chi connectivity index (χ1v) is 3.67. The van der Waals surface area contributed by atoms with Crippen molar-refractivity contribution in [2.75, 3.05) is 0 Å². The van der Waals surface area contributed by atoms with Gasteiger partial charge in [-0.1, -0.05) is 10.2 Å². The Morgan fingerprint density at radius 3 is 1.62 bits per heavy atom. The lowest BCUT2D eigenvalue weighted by atomic mass is 11.1. The van der Waals surface area contributed by atoms with Crippen molar-refractivity contribution in [1.82, 2.24) is 41.2 Å². The summed E-state index contributed by atoms with van der Waals surface area (Å²) in [6.45, 7) is 0. The average Bonchev–Trinajstić information content (AvgIpc) is 2.87. The Hall–Kier alpha value is -2.99. The third-order valence-corrected chi connectivity index (χ3v) is 0.908. The molecule has 16 heavy (non-hydrogen) atoms. The first kappa shape index (κ1) is 11.1. The van der Waals surface area contributed by atoms with E-state index in [1.165, 1.54) is 0 Å². The predicted octanol–water partition coefficient (Wildman–Crippen LogP) is -2.03. The Labute approximate surface area is 87.2 Å². The molecule has 7 N–H and O–H groups in total. The third kappa shape index (κ3) is 4.30. The molecule has 0 aliphatic carbocycles. The summed E-state index contributed by atoms with van der Waals surface area (Å²) in [6, 6.07) is 0. The van der Waals surface area contributed by atoms with Gasteiger partial charge in [0.2, 0.25) is 0 Å². The number of azo groups is 1. The van der Waals surface area contributed by atoms with E-state index < -0.39 is 0 Å². The van der Waals surface area contributed by atoms with Crippen LogP contribution >= 0.6 is 0 Å². The minimum absolute atomic E-state index is 0.186. The number of guanidine groups is 1. The van der Waals surface area contributed by atoms with E-state index in [9.17, 15) is 0 Å². The maximum absolute atomic E-state index is 6.06. The Morgan fingerprint density at radius 1 is 1.00 bits per heavy atom. The molecule has 84 valence electrons. The zero-order chi connectivity index (χ0) is 11.8. The van der Waals surface area contributed by atoms with Crippen LogP contribution in [0.1, 0.15) is 0 Å². The van der Waals surface area contributed by atoms with Crippen molar-refractivity contribution in [2.45, 2.75) is 0 Å². The number of hydrogen-bond acceptors (Lipinski definition) is 9. The molecule has 0 aliphatic rings. The molecule has 0 spiro atoms. The lowest BCUT2D eigenvalue weighted by molar-refractivity contribution is 0.881. The topological polar surface area (TPSA) is 210 Å². The number of H-pyrrole nitrogens is 2. The van der Waals surface area contributed by atoms with Crippen LogP contribution in [0.5, 0.6) is 0 Å². The first-order valence-electron chi connectivity index (χ1n) is 3.67. The molecule has 0 aliphatic heterocycles. The van der Waals surface area contributed by atoms with Gasteiger partial charge in [-0.25, -0.2) is 10.2 Å². The molecule has 0 radical (unpaired) electrons. The number of nitrogens with zero attached hydrogens (tertiary/aromatic N) is 8. The van der Waals surface area contributed by atoms with Gasteiger partial charge in [-0.2, -0.15) is 0 Å². The van der Waals surface area contributed by atoms with Crippen LogP contribution in [0.3, 0.4) is 0 Å². The fraction of sp³-hybridized carbons (Fsp3) is 0. The minimum atomic E-state index is -0.333. The van der Waals surface area contributed by atoms with E-state index in [1.807, 2.05) is 0 Å². The second-order valence-corrected chi connectivity index (χ2v) is 2.11. The molecule has 2 heterocycles. The van der Waals surface area contributed by atoms with Crippen molar-refractivity contribution < 1.29 is 0 Å². The lowest BCUT2D eigenvalue weighted by Gasteiger charge is -1.76. The molecule has 0 saturated carbocycles. The number of nitrogens with one attached hydrogen (secondary N) is 3. The summed E-state index contributed by atoms with van der Waals surface area (Å²) in [4.78, 5) is 0. The summed E-state index contributed by atoms with van der Waals surface area (Å²) >= 11 is 0. The van der Waals surface area contributed by atoms with Crippen LogP contribution in [0.15, 0.2) is 10.2 Å². The van der Waals surface area contributed by atoms with Gasteiger partial charge in [0.1, 0.15) is 0 Å². The summed E-state index contributed by atoms with van der Waals surface area (Å²) in [5.74, 6) is 0.0396. The molecule has 0 fully saturated rings. The van der Waals surface area contributed by atoms with E-state index in [2.05, 4.69) is 62.9 Å². The van der Waals surface area contributed by atoms with E-state index >= 15 is 0 Å². The summed E-state index contributed by atoms with van der Waals surface area (Å²) in [7, 11) is 0. The Balaban J connectivity index is 0.000000280. The van der Waals surface area contributed by atoms with E-state index in [0.29, 0.717) is 0 Å².